The molecule has 4 aliphatic rings. The molecule has 0 heterocycles. The Morgan fingerprint density at radius 2 is 1.29 bits per heavy atom. The quantitative estimate of drug-likeness (QED) is 0.576. The third-order valence-electron chi connectivity index (χ3n) is 4.57. The van der Waals surface area contributed by atoms with E-state index < -0.39 is 22.0 Å². The van der Waals surface area contributed by atoms with Gasteiger partial charge in [-0.3, -0.25) is 0 Å². The number of rotatable bonds is 2. The lowest BCUT2D eigenvalue weighted by atomic mass is 9.56. The van der Waals surface area contributed by atoms with Crippen LogP contribution in [0.25, 0.3) is 0 Å². The van der Waals surface area contributed by atoms with Gasteiger partial charge in [0.25, 0.3) is 0 Å². The van der Waals surface area contributed by atoms with Gasteiger partial charge < -0.3 is 8.92 Å². The van der Waals surface area contributed by atoms with Crippen LogP contribution in [0.2, 0.25) is 0 Å². The fourth-order valence-electron chi connectivity index (χ4n) is 4.15. The number of hydrogen-bond donors (Lipinski definition) is 0. The molecule has 0 N–H and O–H groups in total. The number of ether oxygens (including phenoxy) is 1. The highest BCUT2D eigenvalue weighted by molar-refractivity contribution is 7.87. The van der Waals surface area contributed by atoms with Crippen LogP contribution >= 0.6 is 0 Å². The molecular formula is C13H20F2O5S. The summed E-state index contributed by atoms with van der Waals surface area (Å²) in [6.07, 6.45) is 7.94. The summed E-state index contributed by atoms with van der Waals surface area (Å²) in [7, 11) is -4.32. The Labute approximate surface area is 123 Å². The summed E-state index contributed by atoms with van der Waals surface area (Å²) in [5.41, 5.74) is 0. The van der Waals surface area contributed by atoms with E-state index in [0.717, 1.165) is 7.11 Å². The predicted octanol–water partition coefficient (Wildman–Crippen LogP) is 3.15. The summed E-state index contributed by atoms with van der Waals surface area (Å²) >= 11 is 0. The van der Waals surface area contributed by atoms with Crippen molar-refractivity contribution in [1.29, 1.82) is 0 Å². The molecule has 4 aliphatic carbocycles. The summed E-state index contributed by atoms with van der Waals surface area (Å²) in [6, 6.07) is 0. The largest absolute Gasteiger partial charge is 0.524 e. The van der Waals surface area contributed by atoms with Gasteiger partial charge in [0.2, 0.25) is 0 Å². The zero-order valence-electron chi connectivity index (χ0n) is 11.8. The van der Waals surface area contributed by atoms with Crippen molar-refractivity contribution < 1.29 is 30.9 Å². The van der Waals surface area contributed by atoms with Crippen LogP contribution in [0.5, 0.6) is 0 Å². The van der Waals surface area contributed by atoms with E-state index in [1.807, 2.05) is 0 Å². The molecule has 0 spiro atoms. The van der Waals surface area contributed by atoms with Crippen LogP contribution in [0.1, 0.15) is 38.5 Å². The highest BCUT2D eigenvalue weighted by atomic mass is 32.2. The first-order valence-corrected chi connectivity index (χ1v) is 8.56. The van der Waals surface area contributed by atoms with Gasteiger partial charge >= 0.3 is 22.0 Å². The highest BCUT2D eigenvalue weighted by Crippen LogP contribution is 2.53. The van der Waals surface area contributed by atoms with Crippen molar-refractivity contribution in [2.75, 3.05) is 7.11 Å². The molecule has 0 atom stereocenters. The lowest BCUT2D eigenvalue weighted by Gasteiger charge is -2.49. The molecule has 0 aromatic heterocycles. The summed E-state index contributed by atoms with van der Waals surface area (Å²) in [5, 5.41) is 0. The van der Waals surface area contributed by atoms with Crippen LogP contribution in [-0.2, 0) is 19.0 Å². The number of halogens is 2. The summed E-state index contributed by atoms with van der Waals surface area (Å²) in [6.45, 7) is 0. The first-order valence-electron chi connectivity index (χ1n) is 7.09. The van der Waals surface area contributed by atoms with E-state index in [-0.39, 0.29) is 0 Å². The molecule has 0 radical (unpaired) electrons. The van der Waals surface area contributed by atoms with E-state index in [9.17, 15) is 22.0 Å². The number of carbonyl (C=O) groups excluding carboxylic acids is 1. The minimum Gasteiger partial charge on any atom is -0.437 e. The molecular weight excluding hydrogens is 306 g/mol. The Bertz CT molecular complexity index is 420. The maximum atomic E-state index is 11.4. The summed E-state index contributed by atoms with van der Waals surface area (Å²) in [4.78, 5) is 9.97. The van der Waals surface area contributed by atoms with Gasteiger partial charge in [-0.15, -0.1) is 0 Å². The first kappa shape index (κ1) is 16.5. The molecule has 4 fully saturated rings. The van der Waals surface area contributed by atoms with Crippen LogP contribution in [0.3, 0.4) is 0 Å². The number of alkyl halides is 2. The van der Waals surface area contributed by atoms with Gasteiger partial charge in [0.05, 0.1) is 7.11 Å². The van der Waals surface area contributed by atoms with Crippen molar-refractivity contribution in [3.8, 4) is 0 Å². The molecule has 0 unspecified atom stereocenters. The topological polar surface area (TPSA) is 69.7 Å². The fraction of sp³-hybridized carbons (Fsp3) is 0.923. The Hall–Kier alpha value is -0.920. The molecule has 0 aromatic carbocycles. The number of carbonyl (C=O) groups is 1. The van der Waals surface area contributed by atoms with E-state index >= 15 is 0 Å². The third kappa shape index (κ3) is 4.28. The van der Waals surface area contributed by atoms with Crippen molar-refractivity contribution >= 4 is 16.3 Å². The predicted molar refractivity (Wildman–Crippen MR) is 70.1 cm³/mol. The number of hydrogen-bond acceptors (Lipinski definition) is 5. The Kier molecular flexibility index (Phi) is 5.06. The smallest absolute Gasteiger partial charge is 0.437 e. The monoisotopic (exact) mass is 326 g/mol. The second kappa shape index (κ2) is 6.46. The van der Waals surface area contributed by atoms with Gasteiger partial charge in [-0.1, -0.05) is 0 Å². The van der Waals surface area contributed by atoms with Crippen molar-refractivity contribution in [2.24, 2.45) is 23.7 Å². The normalized spacial score (nSPS) is 33.3. The van der Waals surface area contributed by atoms with Gasteiger partial charge in [-0.25, -0.2) is 4.79 Å². The second-order valence-corrected chi connectivity index (χ2v) is 7.68. The Morgan fingerprint density at radius 3 is 1.52 bits per heavy atom. The van der Waals surface area contributed by atoms with Gasteiger partial charge in [0.15, 0.2) is 0 Å². The van der Waals surface area contributed by atoms with Crippen molar-refractivity contribution in [3.63, 3.8) is 0 Å². The average Bonchev–Trinajstić information content (AvgIpc) is 2.37. The molecule has 0 aliphatic heterocycles. The average molecular weight is 326 g/mol. The SMILES string of the molecule is C1C2CC3CC1CC(C2)C3.COC(=O)OS(=O)(=O)C(F)F. The van der Waals surface area contributed by atoms with Gasteiger partial charge in [-0.2, -0.15) is 17.2 Å². The zero-order valence-corrected chi connectivity index (χ0v) is 12.7. The zero-order chi connectivity index (χ0) is 15.6. The fourth-order valence-corrected chi connectivity index (χ4v) is 4.48. The molecule has 4 saturated carbocycles. The minimum absolute atomic E-state index is 0.795. The number of methoxy groups -OCH3 is 1. The molecule has 21 heavy (non-hydrogen) atoms. The van der Waals surface area contributed by atoms with E-state index in [2.05, 4.69) is 8.92 Å². The third-order valence-corrected chi connectivity index (χ3v) is 5.37. The van der Waals surface area contributed by atoms with Crippen LogP contribution in [0.15, 0.2) is 0 Å². The minimum atomic E-state index is -5.12. The molecule has 0 saturated heterocycles. The lowest BCUT2D eigenvalue weighted by molar-refractivity contribution is 0.0198. The Morgan fingerprint density at radius 1 is 0.952 bits per heavy atom. The first-order chi connectivity index (χ1) is 9.80. The maximum Gasteiger partial charge on any atom is 0.524 e. The Balaban J connectivity index is 0.000000153. The lowest BCUT2D eigenvalue weighted by Crippen LogP contribution is -2.38. The standard InChI is InChI=1S/C10H16.C3H4F2O5S/c1-7-2-9-4-8(1)5-10(3-7)6-9;1-9-3(6)10-11(7,8)2(4)5/h7-10H,1-6H2;2H,1H3. The summed E-state index contributed by atoms with van der Waals surface area (Å²) in [5.74, 6) is 0.960. The van der Waals surface area contributed by atoms with Gasteiger partial charge in [-0.05, 0) is 62.2 Å². The molecule has 4 bridgehead atoms. The maximum absolute atomic E-state index is 11.4. The van der Waals surface area contributed by atoms with Crippen molar-refractivity contribution in [1.82, 2.24) is 0 Å². The summed E-state index contributed by atoms with van der Waals surface area (Å²) < 4.78 is 49.7. The molecule has 8 heteroatoms. The highest BCUT2D eigenvalue weighted by Gasteiger charge is 2.41. The van der Waals surface area contributed by atoms with Crippen LogP contribution in [-0.4, -0.2) is 27.4 Å². The van der Waals surface area contributed by atoms with Gasteiger partial charge in [0, 0.05) is 0 Å². The van der Waals surface area contributed by atoms with Crippen molar-refractivity contribution in [3.05, 3.63) is 0 Å². The second-order valence-electron chi connectivity index (χ2n) is 6.17. The molecule has 4 rings (SSSR count). The van der Waals surface area contributed by atoms with E-state index in [0.29, 0.717) is 0 Å². The molecule has 0 amide bonds. The van der Waals surface area contributed by atoms with Crippen LogP contribution < -0.4 is 0 Å². The molecule has 0 aromatic rings. The van der Waals surface area contributed by atoms with E-state index in [1.54, 1.807) is 38.5 Å². The van der Waals surface area contributed by atoms with Crippen LogP contribution in [0, 0.1) is 23.7 Å². The van der Waals surface area contributed by atoms with Crippen LogP contribution in [0.4, 0.5) is 13.6 Å². The molecule has 5 nitrogen and oxygen atoms in total. The molecule has 122 valence electrons. The van der Waals surface area contributed by atoms with Crippen molar-refractivity contribution in [2.45, 2.75) is 44.3 Å². The van der Waals surface area contributed by atoms with Gasteiger partial charge in [0.1, 0.15) is 0 Å². The van der Waals surface area contributed by atoms with E-state index in [1.165, 1.54) is 23.7 Å². The van der Waals surface area contributed by atoms with E-state index in [4.69, 9.17) is 0 Å².